The molecule has 0 saturated carbocycles. The molecule has 3 aromatic carbocycles. The summed E-state index contributed by atoms with van der Waals surface area (Å²) >= 11 is 0. The Morgan fingerprint density at radius 3 is 2.59 bits per heavy atom. The van der Waals surface area contributed by atoms with E-state index < -0.39 is 6.09 Å². The van der Waals surface area contributed by atoms with Gasteiger partial charge in [-0.2, -0.15) is 5.26 Å². The number of amides is 1. The van der Waals surface area contributed by atoms with E-state index in [1.807, 2.05) is 24.3 Å². The molecule has 7 nitrogen and oxygen atoms in total. The van der Waals surface area contributed by atoms with Crippen molar-refractivity contribution in [2.75, 3.05) is 12.4 Å². The fourth-order valence-electron chi connectivity index (χ4n) is 3.24. The summed E-state index contributed by atoms with van der Waals surface area (Å²) in [5, 5.41) is 12.1. The van der Waals surface area contributed by atoms with Crippen LogP contribution in [0.15, 0.2) is 77.6 Å². The molecule has 1 heterocycles. The number of methoxy groups -OCH3 is 1. The molecule has 0 aliphatic heterocycles. The Balaban J connectivity index is 1.85. The van der Waals surface area contributed by atoms with E-state index in [1.165, 1.54) is 11.7 Å². The average Bonchev–Trinajstić information content (AvgIpc) is 2.83. The minimum atomic E-state index is -0.605. The fraction of sp³-hybridized carbons (Fsp3) is 0.0400. The molecule has 156 valence electrons. The lowest BCUT2D eigenvalue weighted by Crippen LogP contribution is -2.22. The molecular formula is C25H18N4O3. The van der Waals surface area contributed by atoms with Crippen molar-refractivity contribution < 1.29 is 9.53 Å². The van der Waals surface area contributed by atoms with Crippen molar-refractivity contribution >= 4 is 34.8 Å². The van der Waals surface area contributed by atoms with E-state index in [9.17, 15) is 9.59 Å². The zero-order valence-corrected chi connectivity index (χ0v) is 17.1. The second kappa shape index (κ2) is 8.98. The number of benzene rings is 3. The first-order chi connectivity index (χ1) is 15.6. The maximum Gasteiger partial charge on any atom is 0.411 e. The van der Waals surface area contributed by atoms with Crippen LogP contribution in [0.1, 0.15) is 17.0 Å². The lowest BCUT2D eigenvalue weighted by molar-refractivity contribution is 0.187. The van der Waals surface area contributed by atoms with E-state index in [0.717, 1.165) is 5.56 Å². The van der Waals surface area contributed by atoms with Crippen molar-refractivity contribution in [2.45, 2.75) is 0 Å². The average molecular weight is 422 g/mol. The Morgan fingerprint density at radius 2 is 1.84 bits per heavy atom. The third-order valence-electron chi connectivity index (χ3n) is 4.80. The number of carbonyl (C=O) groups excluding carboxylic acids is 1. The molecule has 0 aliphatic carbocycles. The van der Waals surface area contributed by atoms with Gasteiger partial charge in [-0.15, -0.1) is 0 Å². The first-order valence-electron chi connectivity index (χ1n) is 9.74. The zero-order valence-electron chi connectivity index (χ0n) is 17.1. The van der Waals surface area contributed by atoms with E-state index in [2.05, 4.69) is 21.1 Å². The quantitative estimate of drug-likeness (QED) is 0.518. The number of nitrogens with zero attached hydrogens (tertiary/aromatic N) is 3. The number of aromatic nitrogens is 2. The molecule has 4 aromatic rings. The molecule has 1 amide bonds. The molecule has 0 spiro atoms. The molecule has 0 saturated heterocycles. The molecule has 4 rings (SSSR count). The summed E-state index contributed by atoms with van der Waals surface area (Å²) < 4.78 is 6.14. The Hall–Kier alpha value is -4.70. The second-order valence-electron chi connectivity index (χ2n) is 6.86. The standard InChI is InChI=1S/C25H18N4O3/c1-32-25(31)27-19-5-4-6-20(15-19)29-23(14-13-17-9-11-18(16-26)12-10-17)28-22-8-3-2-7-21(22)24(29)30/h2-15H,1H3,(H,27,31). The Labute approximate surface area is 183 Å². The molecule has 32 heavy (non-hydrogen) atoms. The van der Waals surface area contributed by atoms with E-state index in [1.54, 1.807) is 60.7 Å². The summed E-state index contributed by atoms with van der Waals surface area (Å²) in [5.74, 6) is 0.424. The predicted molar refractivity (Wildman–Crippen MR) is 123 cm³/mol. The monoisotopic (exact) mass is 422 g/mol. The number of nitriles is 1. The van der Waals surface area contributed by atoms with Crippen LogP contribution in [0.3, 0.4) is 0 Å². The Morgan fingerprint density at radius 1 is 1.06 bits per heavy atom. The lowest BCUT2D eigenvalue weighted by atomic mass is 10.1. The van der Waals surface area contributed by atoms with Gasteiger partial charge < -0.3 is 4.74 Å². The smallest absolute Gasteiger partial charge is 0.411 e. The van der Waals surface area contributed by atoms with E-state index >= 15 is 0 Å². The predicted octanol–water partition coefficient (Wildman–Crippen LogP) is 4.61. The SMILES string of the molecule is COC(=O)Nc1cccc(-n2c(C=Cc3ccc(C#N)cc3)nc3ccccc3c2=O)c1. The van der Waals surface area contributed by atoms with Crippen molar-refractivity contribution in [3.05, 3.63) is 100 Å². The molecule has 0 fully saturated rings. The summed E-state index contributed by atoms with van der Waals surface area (Å²) in [4.78, 5) is 29.7. The molecule has 1 aromatic heterocycles. The Bertz CT molecular complexity index is 1430. The van der Waals surface area contributed by atoms with E-state index in [0.29, 0.717) is 33.7 Å². The highest BCUT2D eigenvalue weighted by atomic mass is 16.5. The van der Waals surface area contributed by atoms with Crippen LogP contribution in [0.25, 0.3) is 28.7 Å². The van der Waals surface area contributed by atoms with Gasteiger partial charge in [0.05, 0.1) is 35.3 Å². The summed E-state index contributed by atoms with van der Waals surface area (Å²) in [6.45, 7) is 0. The largest absolute Gasteiger partial charge is 0.453 e. The van der Waals surface area contributed by atoms with Crippen molar-refractivity contribution in [3.63, 3.8) is 0 Å². The normalized spacial score (nSPS) is 10.8. The van der Waals surface area contributed by atoms with Gasteiger partial charge in [0.1, 0.15) is 5.82 Å². The van der Waals surface area contributed by atoms with Crippen LogP contribution in [-0.4, -0.2) is 22.8 Å². The van der Waals surface area contributed by atoms with Crippen LogP contribution in [0.5, 0.6) is 0 Å². The van der Waals surface area contributed by atoms with Gasteiger partial charge in [0.2, 0.25) is 0 Å². The van der Waals surface area contributed by atoms with Crippen LogP contribution >= 0.6 is 0 Å². The fourth-order valence-corrected chi connectivity index (χ4v) is 3.24. The maximum atomic E-state index is 13.4. The van der Waals surface area contributed by atoms with E-state index in [-0.39, 0.29) is 5.56 Å². The highest BCUT2D eigenvalue weighted by Crippen LogP contribution is 2.19. The number of hydrogen-bond donors (Lipinski definition) is 1. The number of anilines is 1. The summed E-state index contributed by atoms with van der Waals surface area (Å²) in [7, 11) is 1.28. The Kier molecular flexibility index (Phi) is 5.77. The lowest BCUT2D eigenvalue weighted by Gasteiger charge is -2.13. The van der Waals surface area contributed by atoms with Gasteiger partial charge in [-0.05, 0) is 54.1 Å². The number of rotatable bonds is 4. The minimum absolute atomic E-state index is 0.231. The number of hydrogen-bond acceptors (Lipinski definition) is 5. The number of ether oxygens (including phenoxy) is 1. The van der Waals surface area contributed by atoms with Crippen LogP contribution in [0, 0.1) is 11.3 Å². The number of carbonyl (C=O) groups is 1. The zero-order chi connectivity index (χ0) is 22.5. The first kappa shape index (κ1) is 20.6. The third-order valence-corrected chi connectivity index (χ3v) is 4.80. The van der Waals surface area contributed by atoms with Gasteiger partial charge in [0.25, 0.3) is 5.56 Å². The highest BCUT2D eigenvalue weighted by Gasteiger charge is 2.12. The first-order valence-corrected chi connectivity index (χ1v) is 9.74. The van der Waals surface area contributed by atoms with Gasteiger partial charge in [-0.25, -0.2) is 9.78 Å². The van der Waals surface area contributed by atoms with Gasteiger partial charge in [-0.1, -0.05) is 36.4 Å². The highest BCUT2D eigenvalue weighted by molar-refractivity contribution is 5.85. The van der Waals surface area contributed by atoms with Gasteiger partial charge in [0.15, 0.2) is 0 Å². The molecule has 0 bridgehead atoms. The molecule has 0 aliphatic rings. The molecule has 7 heteroatoms. The maximum absolute atomic E-state index is 13.4. The molecule has 0 atom stereocenters. The molecule has 1 N–H and O–H groups in total. The van der Waals surface area contributed by atoms with Gasteiger partial charge in [0, 0.05) is 5.69 Å². The van der Waals surface area contributed by atoms with E-state index in [4.69, 9.17) is 5.26 Å². The molecule has 0 radical (unpaired) electrons. The van der Waals surface area contributed by atoms with Gasteiger partial charge >= 0.3 is 6.09 Å². The topological polar surface area (TPSA) is 97.0 Å². The van der Waals surface area contributed by atoms with Crippen LogP contribution in [0.4, 0.5) is 10.5 Å². The van der Waals surface area contributed by atoms with Crippen LogP contribution in [-0.2, 0) is 4.74 Å². The number of nitrogens with one attached hydrogen (secondary N) is 1. The molecule has 0 unspecified atom stereocenters. The van der Waals surface area contributed by atoms with Gasteiger partial charge in [-0.3, -0.25) is 14.7 Å². The summed E-state index contributed by atoms with van der Waals surface area (Å²) in [6.07, 6.45) is 2.97. The number of para-hydroxylation sites is 1. The van der Waals surface area contributed by atoms with Crippen molar-refractivity contribution in [2.24, 2.45) is 0 Å². The second-order valence-corrected chi connectivity index (χ2v) is 6.86. The number of fused-ring (bicyclic) bond motifs is 1. The van der Waals surface area contributed by atoms with Crippen molar-refractivity contribution in [1.29, 1.82) is 5.26 Å². The van der Waals surface area contributed by atoms with Crippen molar-refractivity contribution in [3.8, 4) is 11.8 Å². The molecular weight excluding hydrogens is 404 g/mol. The summed E-state index contributed by atoms with van der Waals surface area (Å²) in [5.41, 5.74) is 2.80. The summed E-state index contributed by atoms with van der Waals surface area (Å²) in [6, 6.07) is 23.2. The third kappa shape index (κ3) is 4.25. The minimum Gasteiger partial charge on any atom is -0.453 e. The van der Waals surface area contributed by atoms with Crippen molar-refractivity contribution in [1.82, 2.24) is 9.55 Å². The van der Waals surface area contributed by atoms with Crippen LogP contribution < -0.4 is 10.9 Å². The van der Waals surface area contributed by atoms with Crippen LogP contribution in [0.2, 0.25) is 0 Å².